The molecule has 2 N–H and O–H groups in total. The van der Waals surface area contributed by atoms with Crippen molar-refractivity contribution in [2.45, 2.75) is 20.4 Å². The fourth-order valence-electron chi connectivity index (χ4n) is 1.03. The monoisotopic (exact) mass is 217 g/mol. The van der Waals surface area contributed by atoms with Crippen molar-refractivity contribution in [3.05, 3.63) is 10.7 Å². The molecular weight excluding hydrogens is 206 g/mol. The number of carbonyl (C=O) groups excluding carboxylic acids is 1. The number of ether oxygens (including phenoxy) is 1. The lowest BCUT2D eigenvalue weighted by atomic mass is 10.5. The molecule has 1 rings (SSSR count). The van der Waals surface area contributed by atoms with Crippen molar-refractivity contribution < 1.29 is 9.53 Å². The highest BCUT2D eigenvalue weighted by atomic mass is 35.5. The molecule has 0 aliphatic rings. The fraction of sp³-hybridized carbons (Fsp3) is 0.500. The van der Waals surface area contributed by atoms with Gasteiger partial charge in [-0.15, -0.1) is 0 Å². The molecule has 0 saturated heterocycles. The summed E-state index contributed by atoms with van der Waals surface area (Å²) in [5.74, 6) is -0.0874. The third-order valence-corrected chi connectivity index (χ3v) is 2.14. The average molecular weight is 218 g/mol. The van der Waals surface area contributed by atoms with E-state index in [1.807, 2.05) is 0 Å². The van der Waals surface area contributed by atoms with Gasteiger partial charge in [-0.05, 0) is 13.8 Å². The molecule has 1 aromatic heterocycles. The van der Waals surface area contributed by atoms with Gasteiger partial charge in [0.1, 0.15) is 17.4 Å². The first-order chi connectivity index (χ1) is 6.56. The molecule has 0 atom stereocenters. The molecule has 0 radical (unpaired) electrons. The van der Waals surface area contributed by atoms with Crippen LogP contribution in [0.3, 0.4) is 0 Å². The highest BCUT2D eigenvalue weighted by Crippen LogP contribution is 2.21. The third-order valence-electron chi connectivity index (χ3n) is 1.68. The molecule has 0 bridgehead atoms. The Hall–Kier alpha value is -1.23. The van der Waals surface area contributed by atoms with Crippen LogP contribution in [0.5, 0.6) is 0 Å². The second-order valence-corrected chi connectivity index (χ2v) is 3.13. The van der Waals surface area contributed by atoms with Crippen molar-refractivity contribution in [1.82, 2.24) is 9.78 Å². The molecule has 0 saturated carbocycles. The Labute approximate surface area is 86.8 Å². The Morgan fingerprint density at radius 3 is 2.79 bits per heavy atom. The van der Waals surface area contributed by atoms with Crippen LogP contribution in [0.25, 0.3) is 0 Å². The average Bonchev–Trinajstić information content (AvgIpc) is 2.34. The molecule has 0 fully saturated rings. The number of aromatic nitrogens is 2. The van der Waals surface area contributed by atoms with Crippen LogP contribution >= 0.6 is 11.6 Å². The number of hydrogen-bond donors (Lipinski definition) is 1. The molecule has 1 aromatic rings. The van der Waals surface area contributed by atoms with E-state index in [1.54, 1.807) is 13.8 Å². The summed E-state index contributed by atoms with van der Waals surface area (Å²) in [6.45, 7) is 3.79. The van der Waals surface area contributed by atoms with Gasteiger partial charge in [-0.25, -0.2) is 4.68 Å². The minimum Gasteiger partial charge on any atom is -0.465 e. The van der Waals surface area contributed by atoms with E-state index in [1.165, 1.54) is 4.68 Å². The summed E-state index contributed by atoms with van der Waals surface area (Å²) in [5.41, 5.74) is 6.21. The van der Waals surface area contributed by atoms with Crippen molar-refractivity contribution in [3.63, 3.8) is 0 Å². The maximum absolute atomic E-state index is 11.1. The SMILES string of the molecule is CCOC(=O)Cn1nc(C)c(Cl)c1N. The Morgan fingerprint density at radius 1 is 1.71 bits per heavy atom. The van der Waals surface area contributed by atoms with Crippen molar-refractivity contribution in [1.29, 1.82) is 0 Å². The molecule has 14 heavy (non-hydrogen) atoms. The largest absolute Gasteiger partial charge is 0.465 e. The first-order valence-electron chi connectivity index (χ1n) is 4.20. The van der Waals surface area contributed by atoms with Gasteiger partial charge >= 0.3 is 5.97 Å². The number of anilines is 1. The van der Waals surface area contributed by atoms with Crippen molar-refractivity contribution in [2.75, 3.05) is 12.3 Å². The number of halogens is 1. The van der Waals surface area contributed by atoms with Crippen LogP contribution in [0.15, 0.2) is 0 Å². The van der Waals surface area contributed by atoms with Gasteiger partial charge in [0.25, 0.3) is 0 Å². The zero-order valence-corrected chi connectivity index (χ0v) is 8.84. The first kappa shape index (κ1) is 10.8. The summed E-state index contributed by atoms with van der Waals surface area (Å²) in [4.78, 5) is 11.1. The maximum atomic E-state index is 11.1. The smallest absolute Gasteiger partial charge is 0.327 e. The summed E-state index contributed by atoms with van der Waals surface area (Å²) in [5, 5.41) is 4.37. The van der Waals surface area contributed by atoms with Crippen LogP contribution in [0.2, 0.25) is 5.02 Å². The van der Waals surface area contributed by atoms with E-state index in [9.17, 15) is 4.79 Å². The molecule has 0 unspecified atom stereocenters. The zero-order chi connectivity index (χ0) is 10.7. The van der Waals surface area contributed by atoms with Crippen molar-refractivity contribution in [3.8, 4) is 0 Å². The number of carbonyl (C=O) groups is 1. The van der Waals surface area contributed by atoms with Crippen molar-refractivity contribution in [2.24, 2.45) is 0 Å². The van der Waals surface area contributed by atoms with Gasteiger partial charge in [0.05, 0.1) is 12.3 Å². The van der Waals surface area contributed by atoms with E-state index in [2.05, 4.69) is 5.10 Å². The lowest BCUT2D eigenvalue weighted by molar-refractivity contribution is -0.143. The highest BCUT2D eigenvalue weighted by Gasteiger charge is 2.12. The minimum absolute atomic E-state index is 0.00671. The summed E-state index contributed by atoms with van der Waals surface area (Å²) < 4.78 is 6.08. The molecule has 0 aromatic carbocycles. The summed E-state index contributed by atoms with van der Waals surface area (Å²) in [6.07, 6.45) is 0. The molecule has 0 spiro atoms. The molecule has 0 amide bonds. The van der Waals surface area contributed by atoms with E-state index in [0.29, 0.717) is 17.3 Å². The summed E-state index contributed by atoms with van der Waals surface area (Å²) in [7, 11) is 0. The van der Waals surface area contributed by atoms with E-state index in [0.717, 1.165) is 0 Å². The molecular formula is C8H12ClN3O2. The Kier molecular flexibility index (Phi) is 3.35. The highest BCUT2D eigenvalue weighted by molar-refractivity contribution is 6.33. The van der Waals surface area contributed by atoms with Gasteiger partial charge in [-0.3, -0.25) is 4.79 Å². The van der Waals surface area contributed by atoms with Gasteiger partial charge in [-0.1, -0.05) is 11.6 Å². The molecule has 6 heteroatoms. The first-order valence-corrected chi connectivity index (χ1v) is 4.58. The molecule has 78 valence electrons. The van der Waals surface area contributed by atoms with Gasteiger partial charge in [0.2, 0.25) is 0 Å². The van der Waals surface area contributed by atoms with Gasteiger partial charge < -0.3 is 10.5 Å². The second-order valence-electron chi connectivity index (χ2n) is 2.75. The standard InChI is InChI=1S/C8H12ClN3O2/c1-3-14-6(13)4-12-8(10)7(9)5(2)11-12/h3-4,10H2,1-2H3. The number of nitrogen functional groups attached to an aromatic ring is 1. The van der Waals surface area contributed by atoms with Crippen LogP contribution < -0.4 is 5.73 Å². The molecule has 0 aliphatic carbocycles. The minimum atomic E-state index is -0.377. The number of esters is 1. The number of rotatable bonds is 3. The van der Waals surface area contributed by atoms with Crippen LogP contribution in [0.4, 0.5) is 5.82 Å². The molecule has 5 nitrogen and oxygen atoms in total. The summed E-state index contributed by atoms with van der Waals surface area (Å²) >= 11 is 5.80. The number of nitrogens with two attached hydrogens (primary N) is 1. The normalized spacial score (nSPS) is 10.2. The van der Waals surface area contributed by atoms with Crippen LogP contribution in [-0.2, 0) is 16.1 Å². The van der Waals surface area contributed by atoms with E-state index < -0.39 is 0 Å². The van der Waals surface area contributed by atoms with Crippen molar-refractivity contribution >= 4 is 23.4 Å². The van der Waals surface area contributed by atoms with E-state index in [4.69, 9.17) is 22.1 Å². The third kappa shape index (κ3) is 2.17. The molecule has 1 heterocycles. The Bertz CT molecular complexity index is 349. The van der Waals surface area contributed by atoms with Gasteiger partial charge in [0, 0.05) is 0 Å². The predicted molar refractivity (Wildman–Crippen MR) is 53.0 cm³/mol. The number of hydrogen-bond acceptors (Lipinski definition) is 4. The van der Waals surface area contributed by atoms with Gasteiger partial charge in [-0.2, -0.15) is 5.10 Å². The number of nitrogens with zero attached hydrogens (tertiary/aromatic N) is 2. The van der Waals surface area contributed by atoms with Crippen LogP contribution in [-0.4, -0.2) is 22.4 Å². The fourth-order valence-corrected chi connectivity index (χ4v) is 1.16. The van der Waals surface area contributed by atoms with E-state index in [-0.39, 0.29) is 18.3 Å². The topological polar surface area (TPSA) is 70.1 Å². The predicted octanol–water partition coefficient (Wildman–Crippen LogP) is 0.990. The van der Waals surface area contributed by atoms with Gasteiger partial charge in [0.15, 0.2) is 0 Å². The number of aryl methyl sites for hydroxylation is 1. The maximum Gasteiger partial charge on any atom is 0.327 e. The lowest BCUT2D eigenvalue weighted by Crippen LogP contribution is -2.16. The Balaban J connectivity index is 2.77. The Morgan fingerprint density at radius 2 is 2.36 bits per heavy atom. The van der Waals surface area contributed by atoms with Crippen LogP contribution in [0, 0.1) is 6.92 Å². The van der Waals surface area contributed by atoms with E-state index >= 15 is 0 Å². The van der Waals surface area contributed by atoms with Crippen LogP contribution in [0.1, 0.15) is 12.6 Å². The molecule has 0 aliphatic heterocycles. The zero-order valence-electron chi connectivity index (χ0n) is 8.08. The second kappa shape index (κ2) is 4.32. The summed E-state index contributed by atoms with van der Waals surface area (Å²) in [6, 6.07) is 0. The quantitative estimate of drug-likeness (QED) is 0.767. The lowest BCUT2D eigenvalue weighted by Gasteiger charge is -2.03.